The number of unbranched alkanes of at least 4 members (excludes halogenated alkanes) is 1. The highest BCUT2D eigenvalue weighted by Gasteiger charge is 2.11. The molecular weight excluding hydrogens is 148 g/mol. The Hall–Kier alpha value is -0.0400. The molecule has 1 heteroatoms. The quantitative estimate of drug-likeness (QED) is 0.629. The van der Waals surface area contributed by atoms with Gasteiger partial charge in [-0.15, -0.1) is 0 Å². The third-order valence-electron chi connectivity index (χ3n) is 2.15. The molecule has 1 aliphatic rings. The highest BCUT2D eigenvalue weighted by Crippen LogP contribution is 2.17. The molecule has 0 amide bonds. The van der Waals surface area contributed by atoms with Crippen LogP contribution < -0.4 is 0 Å². The van der Waals surface area contributed by atoms with Crippen molar-refractivity contribution in [3.8, 4) is 0 Å². The standard InChI is InChI=1S/C9H18O.C2H6/c1-2-3-6-9-7-4-5-8-10-9;1-2/h9H,2-8H2,1H3;1-2H3. The number of hydrogen-bond acceptors (Lipinski definition) is 1. The minimum atomic E-state index is 0.605. The maximum atomic E-state index is 5.58. The Kier molecular flexibility index (Phi) is 9.02. The van der Waals surface area contributed by atoms with Crippen molar-refractivity contribution in [1.29, 1.82) is 0 Å². The van der Waals surface area contributed by atoms with E-state index < -0.39 is 0 Å². The molecule has 1 atom stereocenters. The summed E-state index contributed by atoms with van der Waals surface area (Å²) < 4.78 is 5.58. The zero-order valence-electron chi connectivity index (χ0n) is 8.94. The largest absolute Gasteiger partial charge is 0.378 e. The topological polar surface area (TPSA) is 9.23 Å². The van der Waals surface area contributed by atoms with Crippen LogP contribution in [0.3, 0.4) is 0 Å². The highest BCUT2D eigenvalue weighted by molar-refractivity contribution is 4.62. The first-order chi connectivity index (χ1) is 5.93. The number of hydrogen-bond donors (Lipinski definition) is 0. The Morgan fingerprint density at radius 2 is 2.00 bits per heavy atom. The van der Waals surface area contributed by atoms with Gasteiger partial charge in [-0.25, -0.2) is 0 Å². The molecule has 1 saturated heterocycles. The fraction of sp³-hybridized carbons (Fsp3) is 1.00. The van der Waals surface area contributed by atoms with Gasteiger partial charge in [0.1, 0.15) is 0 Å². The third-order valence-corrected chi connectivity index (χ3v) is 2.15. The van der Waals surface area contributed by atoms with Crippen LogP contribution >= 0.6 is 0 Å². The maximum Gasteiger partial charge on any atom is 0.0575 e. The third kappa shape index (κ3) is 5.59. The van der Waals surface area contributed by atoms with Gasteiger partial charge in [-0.2, -0.15) is 0 Å². The number of ether oxygens (including phenoxy) is 1. The van der Waals surface area contributed by atoms with Crippen LogP contribution in [-0.4, -0.2) is 12.7 Å². The summed E-state index contributed by atoms with van der Waals surface area (Å²) >= 11 is 0. The fourth-order valence-electron chi connectivity index (χ4n) is 1.47. The molecule has 74 valence electrons. The molecule has 1 heterocycles. The summed E-state index contributed by atoms with van der Waals surface area (Å²) in [7, 11) is 0. The van der Waals surface area contributed by atoms with Gasteiger partial charge in [-0.05, 0) is 25.7 Å². The van der Waals surface area contributed by atoms with E-state index in [0.29, 0.717) is 6.10 Å². The molecule has 1 unspecified atom stereocenters. The van der Waals surface area contributed by atoms with Gasteiger partial charge < -0.3 is 4.74 Å². The van der Waals surface area contributed by atoms with E-state index >= 15 is 0 Å². The fourth-order valence-corrected chi connectivity index (χ4v) is 1.47. The van der Waals surface area contributed by atoms with Crippen molar-refractivity contribution < 1.29 is 4.74 Å². The molecule has 1 aliphatic heterocycles. The molecule has 0 aromatic rings. The van der Waals surface area contributed by atoms with Gasteiger partial charge >= 0.3 is 0 Å². The average molecular weight is 172 g/mol. The van der Waals surface area contributed by atoms with Crippen LogP contribution in [-0.2, 0) is 4.74 Å². The minimum Gasteiger partial charge on any atom is -0.378 e. The van der Waals surface area contributed by atoms with Crippen LogP contribution in [0.4, 0.5) is 0 Å². The van der Waals surface area contributed by atoms with Gasteiger partial charge in [0.15, 0.2) is 0 Å². The predicted octanol–water partition coefficient (Wildman–Crippen LogP) is 3.77. The molecular formula is C11H24O. The monoisotopic (exact) mass is 172 g/mol. The molecule has 0 saturated carbocycles. The molecule has 12 heavy (non-hydrogen) atoms. The van der Waals surface area contributed by atoms with E-state index in [1.165, 1.54) is 38.5 Å². The summed E-state index contributed by atoms with van der Waals surface area (Å²) in [5.41, 5.74) is 0. The molecule has 0 spiro atoms. The van der Waals surface area contributed by atoms with E-state index in [9.17, 15) is 0 Å². The normalized spacial score (nSPS) is 22.8. The summed E-state index contributed by atoms with van der Waals surface area (Å²) in [6.07, 6.45) is 8.51. The van der Waals surface area contributed by atoms with E-state index in [4.69, 9.17) is 4.74 Å². The molecule has 0 radical (unpaired) electrons. The Morgan fingerprint density at radius 3 is 2.50 bits per heavy atom. The zero-order chi connectivity index (χ0) is 9.23. The van der Waals surface area contributed by atoms with Crippen molar-refractivity contribution in [3.05, 3.63) is 0 Å². The first-order valence-electron chi connectivity index (χ1n) is 5.55. The molecule has 0 aliphatic carbocycles. The molecule has 0 bridgehead atoms. The molecule has 1 fully saturated rings. The highest BCUT2D eigenvalue weighted by atomic mass is 16.5. The molecule has 1 rings (SSSR count). The van der Waals surface area contributed by atoms with Gasteiger partial charge in [0, 0.05) is 6.61 Å². The maximum absolute atomic E-state index is 5.58. The summed E-state index contributed by atoms with van der Waals surface area (Å²) in [5.74, 6) is 0. The van der Waals surface area contributed by atoms with E-state index in [1.54, 1.807) is 0 Å². The molecule has 0 aromatic carbocycles. The van der Waals surface area contributed by atoms with Crippen molar-refractivity contribution in [2.24, 2.45) is 0 Å². The first-order valence-corrected chi connectivity index (χ1v) is 5.55. The van der Waals surface area contributed by atoms with Gasteiger partial charge in [0.2, 0.25) is 0 Å². The second-order valence-electron chi connectivity index (χ2n) is 3.13. The molecule has 1 nitrogen and oxygen atoms in total. The molecule has 0 aromatic heterocycles. The van der Waals surface area contributed by atoms with Crippen molar-refractivity contribution in [1.82, 2.24) is 0 Å². The Labute approximate surface area is 77.5 Å². The lowest BCUT2D eigenvalue weighted by Crippen LogP contribution is -2.18. The van der Waals surface area contributed by atoms with E-state index in [1.807, 2.05) is 13.8 Å². The van der Waals surface area contributed by atoms with Crippen LogP contribution in [0.15, 0.2) is 0 Å². The minimum absolute atomic E-state index is 0.605. The number of rotatable bonds is 3. The van der Waals surface area contributed by atoms with Gasteiger partial charge in [0.25, 0.3) is 0 Å². The van der Waals surface area contributed by atoms with Crippen LogP contribution in [0.5, 0.6) is 0 Å². The van der Waals surface area contributed by atoms with E-state index in [2.05, 4.69) is 6.92 Å². The van der Waals surface area contributed by atoms with Gasteiger partial charge in [-0.1, -0.05) is 33.6 Å². The Morgan fingerprint density at radius 1 is 1.25 bits per heavy atom. The Balaban J connectivity index is 0.000000561. The van der Waals surface area contributed by atoms with Crippen LogP contribution in [0.25, 0.3) is 0 Å². The smallest absolute Gasteiger partial charge is 0.0575 e. The average Bonchev–Trinajstić information content (AvgIpc) is 2.19. The lowest BCUT2D eigenvalue weighted by atomic mass is 10.0. The van der Waals surface area contributed by atoms with Gasteiger partial charge in [0.05, 0.1) is 6.10 Å². The van der Waals surface area contributed by atoms with E-state index in [-0.39, 0.29) is 0 Å². The van der Waals surface area contributed by atoms with Crippen LogP contribution in [0.1, 0.15) is 59.3 Å². The van der Waals surface area contributed by atoms with Crippen molar-refractivity contribution in [2.45, 2.75) is 65.4 Å². The predicted molar refractivity (Wildman–Crippen MR) is 54.5 cm³/mol. The summed E-state index contributed by atoms with van der Waals surface area (Å²) in [6, 6.07) is 0. The van der Waals surface area contributed by atoms with E-state index in [0.717, 1.165) is 6.61 Å². The first kappa shape index (κ1) is 12.0. The SMILES string of the molecule is CC.CCCCC1CCCCO1. The zero-order valence-corrected chi connectivity index (χ0v) is 8.94. The van der Waals surface area contributed by atoms with Gasteiger partial charge in [-0.3, -0.25) is 0 Å². The Bertz CT molecular complexity index is 75.1. The van der Waals surface area contributed by atoms with Crippen LogP contribution in [0, 0.1) is 0 Å². The lowest BCUT2D eigenvalue weighted by molar-refractivity contribution is 0.0100. The van der Waals surface area contributed by atoms with Crippen molar-refractivity contribution in [3.63, 3.8) is 0 Å². The summed E-state index contributed by atoms with van der Waals surface area (Å²) in [6.45, 7) is 7.25. The lowest BCUT2D eigenvalue weighted by Gasteiger charge is -2.21. The second kappa shape index (κ2) is 9.05. The van der Waals surface area contributed by atoms with Crippen molar-refractivity contribution in [2.75, 3.05) is 6.61 Å². The summed E-state index contributed by atoms with van der Waals surface area (Å²) in [4.78, 5) is 0. The summed E-state index contributed by atoms with van der Waals surface area (Å²) in [5, 5.41) is 0. The second-order valence-corrected chi connectivity index (χ2v) is 3.13. The van der Waals surface area contributed by atoms with Crippen molar-refractivity contribution >= 4 is 0 Å². The molecule has 0 N–H and O–H groups in total. The van der Waals surface area contributed by atoms with Crippen LogP contribution in [0.2, 0.25) is 0 Å².